The Labute approximate surface area is 341 Å². The van der Waals surface area contributed by atoms with Crippen molar-refractivity contribution in [3.8, 4) is 0 Å². The fourth-order valence-electron chi connectivity index (χ4n) is 6.44. The molecular formula is C45H82NO9P. The molecule has 10 nitrogen and oxygen atoms in total. The zero-order valence-electron chi connectivity index (χ0n) is 35.6. The van der Waals surface area contributed by atoms with Crippen LogP contribution in [0.3, 0.4) is 0 Å². The first-order chi connectivity index (χ1) is 27.3. The summed E-state index contributed by atoms with van der Waals surface area (Å²) in [6.07, 6.45) is 43.4. The third kappa shape index (κ3) is 34.3. The Morgan fingerprint density at radius 2 is 1.16 bits per heavy atom. The van der Waals surface area contributed by atoms with E-state index in [4.69, 9.17) is 29.0 Å². The minimum absolute atomic E-state index is 0.0480. The lowest BCUT2D eigenvalue weighted by Crippen LogP contribution is -2.29. The second kappa shape index (κ2) is 37.5. The first-order valence-corrected chi connectivity index (χ1v) is 24.1. The maximum absolute atomic E-state index is 12.6. The molecule has 1 aliphatic rings. The van der Waals surface area contributed by atoms with Crippen LogP contribution in [0.15, 0.2) is 36.5 Å². The van der Waals surface area contributed by atoms with Gasteiger partial charge in [-0.3, -0.25) is 18.6 Å². The summed E-state index contributed by atoms with van der Waals surface area (Å²) >= 11 is 0. The number of esters is 2. The van der Waals surface area contributed by atoms with Gasteiger partial charge >= 0.3 is 19.8 Å². The summed E-state index contributed by atoms with van der Waals surface area (Å²) in [5.41, 5.74) is 5.35. The zero-order chi connectivity index (χ0) is 40.8. The number of phosphoric acid groups is 1. The Morgan fingerprint density at radius 1 is 0.643 bits per heavy atom. The van der Waals surface area contributed by atoms with E-state index >= 15 is 0 Å². The Morgan fingerprint density at radius 3 is 1.75 bits per heavy atom. The molecule has 1 rings (SSSR count). The molecule has 0 bridgehead atoms. The Balaban J connectivity index is 2.16. The van der Waals surface area contributed by atoms with Gasteiger partial charge in [0.2, 0.25) is 0 Å². The van der Waals surface area contributed by atoms with E-state index in [1.807, 2.05) is 0 Å². The van der Waals surface area contributed by atoms with Crippen molar-refractivity contribution in [2.45, 2.75) is 212 Å². The monoisotopic (exact) mass is 812 g/mol. The first-order valence-electron chi connectivity index (χ1n) is 22.6. The van der Waals surface area contributed by atoms with Crippen molar-refractivity contribution >= 4 is 19.8 Å². The molecule has 0 aliphatic carbocycles. The molecule has 0 amide bonds. The van der Waals surface area contributed by atoms with Crippen LogP contribution in [-0.2, 0) is 37.4 Å². The summed E-state index contributed by atoms with van der Waals surface area (Å²) in [5, 5.41) is 0. The summed E-state index contributed by atoms with van der Waals surface area (Å²) in [5.74, 6) is -0.853. The molecule has 0 radical (unpaired) electrons. The lowest BCUT2D eigenvalue weighted by atomic mass is 10.1. The fourth-order valence-corrected chi connectivity index (χ4v) is 7.20. The number of carbonyl (C=O) groups excluding carboxylic acids is 2. The fraction of sp³-hybridized carbons (Fsp3) is 0.822. The minimum Gasteiger partial charge on any atom is -0.462 e. The third-order valence-corrected chi connectivity index (χ3v) is 10.9. The first kappa shape index (κ1) is 52.2. The number of allylic oxidation sites excluding steroid dienone is 5. The van der Waals surface area contributed by atoms with Crippen LogP contribution in [0, 0.1) is 0 Å². The number of phosphoric ester groups is 1. The van der Waals surface area contributed by atoms with E-state index in [0.29, 0.717) is 25.0 Å². The van der Waals surface area contributed by atoms with Gasteiger partial charge in [-0.2, -0.15) is 0 Å². The molecule has 0 aromatic carbocycles. The van der Waals surface area contributed by atoms with E-state index in [1.165, 1.54) is 83.5 Å². The van der Waals surface area contributed by atoms with Gasteiger partial charge in [-0.1, -0.05) is 147 Å². The van der Waals surface area contributed by atoms with Crippen LogP contribution in [0.1, 0.15) is 194 Å². The summed E-state index contributed by atoms with van der Waals surface area (Å²) in [6.45, 7) is 3.66. The highest BCUT2D eigenvalue weighted by Crippen LogP contribution is 2.43. The molecule has 1 saturated heterocycles. The maximum atomic E-state index is 12.6. The third-order valence-electron chi connectivity index (χ3n) is 9.92. The maximum Gasteiger partial charge on any atom is 0.472 e. The smallest absolute Gasteiger partial charge is 0.462 e. The molecule has 1 fully saturated rings. The second-order valence-electron chi connectivity index (χ2n) is 15.3. The van der Waals surface area contributed by atoms with Gasteiger partial charge in [0, 0.05) is 19.4 Å². The molecule has 11 heteroatoms. The Kier molecular flexibility index (Phi) is 34.9. The predicted octanol–water partition coefficient (Wildman–Crippen LogP) is 11.9. The quantitative estimate of drug-likeness (QED) is 0.0201. The largest absolute Gasteiger partial charge is 0.472 e. The minimum atomic E-state index is -4.39. The molecule has 3 N–H and O–H groups in total. The van der Waals surface area contributed by atoms with Gasteiger partial charge < -0.3 is 24.8 Å². The number of nitrogens with two attached hydrogens (primary N) is 1. The Bertz CT molecular complexity index is 1080. The summed E-state index contributed by atoms with van der Waals surface area (Å²) in [4.78, 5) is 34.9. The van der Waals surface area contributed by atoms with Crippen molar-refractivity contribution in [3.05, 3.63) is 36.5 Å². The van der Waals surface area contributed by atoms with Crippen LogP contribution >= 0.6 is 7.82 Å². The summed E-state index contributed by atoms with van der Waals surface area (Å²) in [6, 6.07) is 0. The number of hydrogen-bond donors (Lipinski definition) is 2. The van der Waals surface area contributed by atoms with Gasteiger partial charge in [0.1, 0.15) is 6.61 Å². The van der Waals surface area contributed by atoms with E-state index in [9.17, 15) is 19.0 Å². The highest BCUT2D eigenvalue weighted by atomic mass is 31.2. The zero-order valence-corrected chi connectivity index (χ0v) is 36.5. The second-order valence-corrected chi connectivity index (χ2v) is 16.8. The number of unbranched alkanes of at least 4 members (excludes halogenated alkanes) is 19. The number of epoxide rings is 1. The summed E-state index contributed by atoms with van der Waals surface area (Å²) < 4.78 is 38.6. The van der Waals surface area contributed by atoms with E-state index in [1.54, 1.807) is 0 Å². The molecule has 1 heterocycles. The van der Waals surface area contributed by atoms with E-state index in [-0.39, 0.29) is 32.6 Å². The van der Waals surface area contributed by atoms with Crippen LogP contribution in [-0.4, -0.2) is 61.5 Å². The van der Waals surface area contributed by atoms with Crippen molar-refractivity contribution in [2.75, 3.05) is 26.4 Å². The highest BCUT2D eigenvalue weighted by Gasteiger charge is 2.36. The van der Waals surface area contributed by atoms with Gasteiger partial charge in [0.25, 0.3) is 0 Å². The molecule has 0 saturated carbocycles. The molecule has 1 aliphatic heterocycles. The van der Waals surface area contributed by atoms with Crippen molar-refractivity contribution in [1.82, 2.24) is 0 Å². The van der Waals surface area contributed by atoms with Crippen LogP contribution in [0.4, 0.5) is 0 Å². The van der Waals surface area contributed by atoms with Gasteiger partial charge in [-0.05, 0) is 70.6 Å². The van der Waals surface area contributed by atoms with Crippen molar-refractivity contribution in [1.29, 1.82) is 0 Å². The Hall–Kier alpha value is -1.81. The van der Waals surface area contributed by atoms with Gasteiger partial charge in [0.05, 0.1) is 25.4 Å². The lowest BCUT2D eigenvalue weighted by Gasteiger charge is -2.19. The molecule has 56 heavy (non-hydrogen) atoms. The van der Waals surface area contributed by atoms with Crippen LogP contribution in [0.2, 0.25) is 0 Å². The number of carbonyl (C=O) groups is 2. The van der Waals surface area contributed by atoms with Crippen molar-refractivity contribution in [2.24, 2.45) is 5.73 Å². The van der Waals surface area contributed by atoms with E-state index in [0.717, 1.165) is 70.6 Å². The van der Waals surface area contributed by atoms with Crippen LogP contribution < -0.4 is 5.73 Å². The van der Waals surface area contributed by atoms with Crippen LogP contribution in [0.5, 0.6) is 0 Å². The number of hydrogen-bond acceptors (Lipinski definition) is 9. The van der Waals surface area contributed by atoms with Crippen molar-refractivity contribution in [3.63, 3.8) is 0 Å². The standard InChI is InChI=1S/C45H82NO9P/c1-3-5-7-8-9-10-11-12-13-14-15-16-17-18-19-20-25-28-32-36-45(48)54-41(40-53-56(49,50)52-38-37-46)39-51-44(47)35-31-27-24-22-21-23-26-30-34-43-42(55-43)33-29-6-4-2/h9-10,12-13,26,30,41-43H,3-8,11,14-25,27-29,31-40,46H2,1-2H3,(H,49,50)/b10-9-,13-12-,30-26-/t41-,42?,43?/m1/s1. The van der Waals surface area contributed by atoms with Gasteiger partial charge in [0.15, 0.2) is 6.10 Å². The normalized spacial score (nSPS) is 17.2. The topological polar surface area (TPSA) is 147 Å². The summed E-state index contributed by atoms with van der Waals surface area (Å²) in [7, 11) is -4.39. The molecule has 4 atom stereocenters. The molecule has 0 aromatic rings. The van der Waals surface area contributed by atoms with Crippen molar-refractivity contribution < 1.29 is 42.3 Å². The number of rotatable bonds is 41. The highest BCUT2D eigenvalue weighted by molar-refractivity contribution is 7.47. The molecular weight excluding hydrogens is 729 g/mol. The molecule has 3 unspecified atom stereocenters. The number of ether oxygens (including phenoxy) is 3. The molecule has 326 valence electrons. The lowest BCUT2D eigenvalue weighted by molar-refractivity contribution is -0.161. The van der Waals surface area contributed by atoms with E-state index in [2.05, 4.69) is 50.3 Å². The molecule has 0 spiro atoms. The van der Waals surface area contributed by atoms with E-state index < -0.39 is 32.5 Å². The SMILES string of the molecule is CCCCC/C=C\C/C=C\CCCCCCCCCCCC(=O)O[C@H](COC(=O)CCCCCCC/C=C\CC1OC1CCCCC)COP(=O)(O)OCCN. The van der Waals surface area contributed by atoms with Crippen LogP contribution in [0.25, 0.3) is 0 Å². The van der Waals surface area contributed by atoms with Gasteiger partial charge in [-0.15, -0.1) is 0 Å². The van der Waals surface area contributed by atoms with Gasteiger partial charge in [-0.25, -0.2) is 4.57 Å². The average Bonchev–Trinajstić information content (AvgIpc) is 3.94. The molecule has 0 aromatic heterocycles. The average molecular weight is 812 g/mol. The predicted molar refractivity (Wildman–Crippen MR) is 228 cm³/mol.